The standard InChI is InChI=1S/C14H16O3/c1-10-7-8-13(12(15)9-10)17-14(16)11-5-3-2-4-6-11/h2-6,12-13,15H,1,7-9H2/t12-,13-/m1/s1. The molecular formula is C14H16O3. The van der Waals surface area contributed by atoms with Gasteiger partial charge in [0.2, 0.25) is 0 Å². The Bertz CT molecular complexity index is 411. The number of hydrogen-bond donors (Lipinski definition) is 1. The summed E-state index contributed by atoms with van der Waals surface area (Å²) < 4.78 is 5.31. The van der Waals surface area contributed by atoms with Crippen LogP contribution in [0.1, 0.15) is 29.6 Å². The summed E-state index contributed by atoms with van der Waals surface area (Å²) in [7, 11) is 0. The Morgan fingerprint density at radius 3 is 2.71 bits per heavy atom. The molecule has 90 valence electrons. The van der Waals surface area contributed by atoms with E-state index in [1.54, 1.807) is 24.3 Å². The third-order valence-electron chi connectivity index (χ3n) is 2.98. The minimum absolute atomic E-state index is 0.373. The molecule has 0 amide bonds. The van der Waals surface area contributed by atoms with Gasteiger partial charge in [-0.05, 0) is 31.4 Å². The second-order valence-corrected chi connectivity index (χ2v) is 4.37. The molecule has 0 aliphatic heterocycles. The summed E-state index contributed by atoms with van der Waals surface area (Å²) in [5.74, 6) is -0.373. The first-order valence-corrected chi connectivity index (χ1v) is 5.77. The number of rotatable bonds is 2. The molecule has 2 rings (SSSR count). The van der Waals surface area contributed by atoms with Crippen LogP contribution in [0.5, 0.6) is 0 Å². The van der Waals surface area contributed by atoms with Crippen molar-refractivity contribution in [3.63, 3.8) is 0 Å². The van der Waals surface area contributed by atoms with Gasteiger partial charge in [0.15, 0.2) is 0 Å². The molecule has 1 fully saturated rings. The summed E-state index contributed by atoms with van der Waals surface area (Å²) in [4.78, 5) is 11.8. The van der Waals surface area contributed by atoms with E-state index >= 15 is 0 Å². The van der Waals surface area contributed by atoms with Crippen LogP contribution < -0.4 is 0 Å². The highest BCUT2D eigenvalue weighted by Gasteiger charge is 2.28. The Labute approximate surface area is 101 Å². The molecule has 0 aromatic heterocycles. The molecular weight excluding hydrogens is 216 g/mol. The zero-order chi connectivity index (χ0) is 12.3. The average molecular weight is 232 g/mol. The number of esters is 1. The Hall–Kier alpha value is -1.61. The van der Waals surface area contributed by atoms with Crippen molar-refractivity contribution in [1.29, 1.82) is 0 Å². The lowest BCUT2D eigenvalue weighted by Crippen LogP contribution is -2.34. The quantitative estimate of drug-likeness (QED) is 0.628. The Morgan fingerprint density at radius 1 is 1.35 bits per heavy atom. The highest BCUT2D eigenvalue weighted by molar-refractivity contribution is 5.89. The first-order chi connectivity index (χ1) is 8.16. The molecule has 3 heteroatoms. The molecule has 0 radical (unpaired) electrons. The lowest BCUT2D eigenvalue weighted by molar-refractivity contribution is -0.0279. The second-order valence-electron chi connectivity index (χ2n) is 4.37. The van der Waals surface area contributed by atoms with Gasteiger partial charge >= 0.3 is 5.97 Å². The monoisotopic (exact) mass is 232 g/mol. The minimum atomic E-state index is -0.621. The van der Waals surface area contributed by atoms with Crippen LogP contribution in [0.4, 0.5) is 0 Å². The van der Waals surface area contributed by atoms with Crippen LogP contribution in [0.25, 0.3) is 0 Å². The third kappa shape index (κ3) is 2.94. The predicted octanol–water partition coefficient (Wildman–Crippen LogP) is 2.31. The molecule has 1 saturated carbocycles. The molecule has 1 aliphatic rings. The molecule has 1 N–H and O–H groups in total. The minimum Gasteiger partial charge on any atom is -0.456 e. The van der Waals surface area contributed by atoms with E-state index in [2.05, 4.69) is 6.58 Å². The maximum atomic E-state index is 11.8. The van der Waals surface area contributed by atoms with Crippen molar-refractivity contribution < 1.29 is 14.6 Å². The van der Waals surface area contributed by atoms with Gasteiger partial charge in [-0.3, -0.25) is 0 Å². The Balaban J connectivity index is 1.97. The first kappa shape index (κ1) is 11.9. The van der Waals surface area contributed by atoms with E-state index in [9.17, 15) is 9.90 Å². The van der Waals surface area contributed by atoms with E-state index in [4.69, 9.17) is 4.74 Å². The molecule has 1 aromatic carbocycles. The Morgan fingerprint density at radius 2 is 2.06 bits per heavy atom. The SMILES string of the molecule is C=C1CC[C@@H](OC(=O)c2ccccc2)[C@H](O)C1. The summed E-state index contributed by atoms with van der Waals surface area (Å²) >= 11 is 0. The van der Waals surface area contributed by atoms with Crippen LogP contribution in [0, 0.1) is 0 Å². The van der Waals surface area contributed by atoms with E-state index in [1.165, 1.54) is 0 Å². The van der Waals surface area contributed by atoms with Gasteiger partial charge in [0, 0.05) is 0 Å². The summed E-state index contributed by atoms with van der Waals surface area (Å²) in [5, 5.41) is 9.80. The molecule has 3 nitrogen and oxygen atoms in total. The van der Waals surface area contributed by atoms with Crippen LogP contribution in [0.15, 0.2) is 42.5 Å². The lowest BCUT2D eigenvalue weighted by atomic mass is 9.91. The number of carbonyl (C=O) groups is 1. The molecule has 1 aromatic rings. The number of ether oxygens (including phenoxy) is 1. The highest BCUT2D eigenvalue weighted by Crippen LogP contribution is 2.25. The van der Waals surface area contributed by atoms with Crippen LogP contribution in [0.3, 0.4) is 0 Å². The predicted molar refractivity (Wildman–Crippen MR) is 64.6 cm³/mol. The third-order valence-corrected chi connectivity index (χ3v) is 2.98. The van der Waals surface area contributed by atoms with Gasteiger partial charge in [0.1, 0.15) is 6.10 Å². The van der Waals surface area contributed by atoms with Crippen molar-refractivity contribution in [2.45, 2.75) is 31.5 Å². The highest BCUT2D eigenvalue weighted by atomic mass is 16.6. The number of aliphatic hydroxyl groups is 1. The van der Waals surface area contributed by atoms with Gasteiger partial charge < -0.3 is 9.84 Å². The van der Waals surface area contributed by atoms with Crippen molar-refractivity contribution in [3.05, 3.63) is 48.0 Å². The fraction of sp³-hybridized carbons (Fsp3) is 0.357. The van der Waals surface area contributed by atoms with E-state index in [1.807, 2.05) is 6.07 Å². The van der Waals surface area contributed by atoms with Gasteiger partial charge in [-0.25, -0.2) is 4.79 Å². The normalized spacial score (nSPS) is 24.4. The van der Waals surface area contributed by atoms with Crippen LogP contribution in [-0.2, 0) is 4.74 Å². The van der Waals surface area contributed by atoms with Gasteiger partial charge in [0.25, 0.3) is 0 Å². The molecule has 0 spiro atoms. The molecule has 17 heavy (non-hydrogen) atoms. The van der Waals surface area contributed by atoms with Crippen LogP contribution in [0.2, 0.25) is 0 Å². The maximum absolute atomic E-state index is 11.8. The fourth-order valence-electron chi connectivity index (χ4n) is 1.99. The zero-order valence-corrected chi connectivity index (χ0v) is 9.63. The van der Waals surface area contributed by atoms with Crippen molar-refractivity contribution in [1.82, 2.24) is 0 Å². The summed E-state index contributed by atoms with van der Waals surface area (Å²) in [5.41, 5.74) is 1.54. The number of carbonyl (C=O) groups excluding carboxylic acids is 1. The second kappa shape index (κ2) is 5.15. The number of hydrogen-bond acceptors (Lipinski definition) is 3. The number of aliphatic hydroxyl groups excluding tert-OH is 1. The van der Waals surface area contributed by atoms with Crippen LogP contribution >= 0.6 is 0 Å². The summed E-state index contributed by atoms with van der Waals surface area (Å²) in [6.45, 7) is 3.84. The lowest BCUT2D eigenvalue weighted by Gasteiger charge is -2.28. The Kier molecular flexibility index (Phi) is 3.59. The molecule has 1 aliphatic carbocycles. The van der Waals surface area contributed by atoms with E-state index in [0.29, 0.717) is 18.4 Å². The first-order valence-electron chi connectivity index (χ1n) is 5.77. The number of benzene rings is 1. The molecule has 2 atom stereocenters. The molecule has 0 heterocycles. The van der Waals surface area contributed by atoms with Crippen molar-refractivity contribution in [2.24, 2.45) is 0 Å². The van der Waals surface area contributed by atoms with E-state index < -0.39 is 12.2 Å². The fourth-order valence-corrected chi connectivity index (χ4v) is 1.99. The maximum Gasteiger partial charge on any atom is 0.338 e. The van der Waals surface area contributed by atoms with Gasteiger partial charge in [-0.1, -0.05) is 30.4 Å². The van der Waals surface area contributed by atoms with E-state index in [0.717, 1.165) is 12.0 Å². The van der Waals surface area contributed by atoms with Crippen molar-refractivity contribution in [3.8, 4) is 0 Å². The summed E-state index contributed by atoms with van der Waals surface area (Å²) in [6, 6.07) is 8.83. The summed E-state index contributed by atoms with van der Waals surface area (Å²) in [6.07, 6.45) is 0.951. The van der Waals surface area contributed by atoms with Gasteiger partial charge in [-0.15, -0.1) is 0 Å². The average Bonchev–Trinajstić information content (AvgIpc) is 2.34. The molecule has 0 unspecified atom stereocenters. The van der Waals surface area contributed by atoms with Crippen molar-refractivity contribution in [2.75, 3.05) is 0 Å². The van der Waals surface area contributed by atoms with Crippen molar-refractivity contribution >= 4 is 5.97 Å². The molecule has 0 saturated heterocycles. The van der Waals surface area contributed by atoms with Gasteiger partial charge in [0.05, 0.1) is 11.7 Å². The van der Waals surface area contributed by atoms with E-state index in [-0.39, 0.29) is 5.97 Å². The zero-order valence-electron chi connectivity index (χ0n) is 9.63. The van der Waals surface area contributed by atoms with Crippen LogP contribution in [-0.4, -0.2) is 23.3 Å². The van der Waals surface area contributed by atoms with Gasteiger partial charge in [-0.2, -0.15) is 0 Å². The topological polar surface area (TPSA) is 46.5 Å². The molecule has 0 bridgehead atoms. The smallest absolute Gasteiger partial charge is 0.338 e. The largest absolute Gasteiger partial charge is 0.456 e.